The molecule has 1 aliphatic heterocycles. The van der Waals surface area contributed by atoms with Gasteiger partial charge in [0.2, 0.25) is 5.91 Å². The van der Waals surface area contributed by atoms with Crippen molar-refractivity contribution in [3.63, 3.8) is 0 Å². The van der Waals surface area contributed by atoms with Crippen molar-refractivity contribution >= 4 is 5.91 Å². The van der Waals surface area contributed by atoms with Gasteiger partial charge in [-0.3, -0.25) is 4.79 Å². The molecule has 1 aliphatic carbocycles. The topological polar surface area (TPSA) is 64.4 Å². The van der Waals surface area contributed by atoms with Crippen molar-refractivity contribution in [3.8, 4) is 0 Å². The van der Waals surface area contributed by atoms with Crippen molar-refractivity contribution < 1.29 is 9.53 Å². The minimum absolute atomic E-state index is 0.0469. The Balaban J connectivity index is 1.70. The summed E-state index contributed by atoms with van der Waals surface area (Å²) in [5, 5.41) is 3.25. The number of rotatable bonds is 4. The van der Waals surface area contributed by atoms with Gasteiger partial charge in [-0.1, -0.05) is 36.8 Å². The fourth-order valence-electron chi connectivity index (χ4n) is 3.65. The highest BCUT2D eigenvalue weighted by Gasteiger charge is 2.32. The first kappa shape index (κ1) is 15.5. The Morgan fingerprint density at radius 3 is 2.68 bits per heavy atom. The van der Waals surface area contributed by atoms with Gasteiger partial charge in [0.15, 0.2) is 0 Å². The highest BCUT2D eigenvalue weighted by molar-refractivity contribution is 5.79. The summed E-state index contributed by atoms with van der Waals surface area (Å²) < 4.78 is 5.84. The second kappa shape index (κ2) is 7.25. The first-order chi connectivity index (χ1) is 10.7. The molecule has 3 N–H and O–H groups in total. The standard InChI is InChI=1S/C18H26N2O2/c19-15-9-4-8-14(12-15)18(21)20-17(16-10-5-11-22-16)13-6-2-1-3-7-13/h1-3,6-7,14-17H,4-5,8-12,19H2,(H,20,21). The number of benzene rings is 1. The molecule has 1 heterocycles. The summed E-state index contributed by atoms with van der Waals surface area (Å²) >= 11 is 0. The second-order valence-corrected chi connectivity index (χ2v) is 6.57. The maximum Gasteiger partial charge on any atom is 0.223 e. The van der Waals surface area contributed by atoms with Crippen LogP contribution in [0.25, 0.3) is 0 Å². The number of hydrogen-bond donors (Lipinski definition) is 2. The van der Waals surface area contributed by atoms with Crippen LogP contribution < -0.4 is 11.1 Å². The Morgan fingerprint density at radius 1 is 1.18 bits per heavy atom. The van der Waals surface area contributed by atoms with Crippen LogP contribution in [0.1, 0.15) is 50.1 Å². The van der Waals surface area contributed by atoms with Crippen molar-refractivity contribution in [2.24, 2.45) is 11.7 Å². The van der Waals surface area contributed by atoms with Crippen LogP contribution in [0.5, 0.6) is 0 Å². The van der Waals surface area contributed by atoms with Gasteiger partial charge >= 0.3 is 0 Å². The zero-order valence-corrected chi connectivity index (χ0v) is 13.0. The SMILES string of the molecule is NC1CCCC(C(=O)NC(c2ccccc2)C2CCCO2)C1. The lowest BCUT2D eigenvalue weighted by Gasteiger charge is -2.30. The van der Waals surface area contributed by atoms with Gasteiger partial charge in [0.25, 0.3) is 0 Å². The molecule has 120 valence electrons. The molecule has 4 unspecified atom stereocenters. The molecular weight excluding hydrogens is 276 g/mol. The fraction of sp³-hybridized carbons (Fsp3) is 0.611. The average molecular weight is 302 g/mol. The van der Waals surface area contributed by atoms with Gasteiger partial charge in [0, 0.05) is 18.6 Å². The van der Waals surface area contributed by atoms with Gasteiger partial charge < -0.3 is 15.8 Å². The van der Waals surface area contributed by atoms with E-state index in [4.69, 9.17) is 10.5 Å². The maximum absolute atomic E-state index is 12.7. The lowest BCUT2D eigenvalue weighted by molar-refractivity contribution is -0.127. The molecule has 0 radical (unpaired) electrons. The number of nitrogens with two attached hydrogens (primary N) is 1. The van der Waals surface area contributed by atoms with E-state index in [0.717, 1.165) is 50.7 Å². The zero-order valence-electron chi connectivity index (χ0n) is 13.0. The largest absolute Gasteiger partial charge is 0.376 e. The van der Waals surface area contributed by atoms with Crippen LogP contribution in [0.15, 0.2) is 30.3 Å². The molecule has 4 nitrogen and oxygen atoms in total. The normalized spacial score (nSPS) is 30.0. The summed E-state index contributed by atoms with van der Waals surface area (Å²) in [5.74, 6) is 0.191. The third-order valence-electron chi connectivity index (χ3n) is 4.88. The van der Waals surface area contributed by atoms with Crippen molar-refractivity contribution in [1.82, 2.24) is 5.32 Å². The number of nitrogens with one attached hydrogen (secondary N) is 1. The Labute approximate surface area is 132 Å². The lowest BCUT2D eigenvalue weighted by Crippen LogP contribution is -2.42. The van der Waals surface area contributed by atoms with E-state index in [2.05, 4.69) is 17.4 Å². The van der Waals surface area contributed by atoms with Crippen molar-refractivity contribution in [1.29, 1.82) is 0 Å². The lowest BCUT2D eigenvalue weighted by atomic mass is 9.85. The van der Waals surface area contributed by atoms with E-state index in [1.54, 1.807) is 0 Å². The Bertz CT molecular complexity index is 485. The molecule has 4 atom stereocenters. The summed E-state index contributed by atoms with van der Waals surface area (Å²) in [5.41, 5.74) is 7.15. The van der Waals surface area contributed by atoms with Crippen LogP contribution in [0.2, 0.25) is 0 Å². The van der Waals surface area contributed by atoms with E-state index in [0.29, 0.717) is 0 Å². The minimum Gasteiger partial charge on any atom is -0.376 e. The molecule has 1 saturated carbocycles. The van der Waals surface area contributed by atoms with Crippen LogP contribution >= 0.6 is 0 Å². The Morgan fingerprint density at radius 2 is 2.00 bits per heavy atom. The van der Waals surface area contributed by atoms with Gasteiger partial charge in [-0.05, 0) is 37.7 Å². The monoisotopic (exact) mass is 302 g/mol. The van der Waals surface area contributed by atoms with Crippen molar-refractivity contribution in [2.75, 3.05) is 6.61 Å². The van der Waals surface area contributed by atoms with E-state index in [1.165, 1.54) is 0 Å². The Kier molecular flexibility index (Phi) is 5.11. The Hall–Kier alpha value is -1.39. The van der Waals surface area contributed by atoms with Crippen LogP contribution in [0.4, 0.5) is 0 Å². The van der Waals surface area contributed by atoms with Gasteiger partial charge in [0.1, 0.15) is 0 Å². The predicted molar refractivity (Wildman–Crippen MR) is 86.2 cm³/mol. The summed E-state index contributed by atoms with van der Waals surface area (Å²) in [4.78, 5) is 12.7. The first-order valence-corrected chi connectivity index (χ1v) is 8.46. The fourth-order valence-corrected chi connectivity index (χ4v) is 3.65. The van der Waals surface area contributed by atoms with Crippen LogP contribution in [-0.4, -0.2) is 24.7 Å². The molecule has 4 heteroatoms. The number of carbonyl (C=O) groups excluding carboxylic acids is 1. The predicted octanol–water partition coefficient (Wildman–Crippen LogP) is 2.54. The third kappa shape index (κ3) is 3.68. The number of amides is 1. The van der Waals surface area contributed by atoms with Crippen molar-refractivity contribution in [3.05, 3.63) is 35.9 Å². The van der Waals surface area contributed by atoms with Gasteiger partial charge in [0.05, 0.1) is 12.1 Å². The van der Waals surface area contributed by atoms with Gasteiger partial charge in [-0.25, -0.2) is 0 Å². The number of ether oxygens (including phenoxy) is 1. The average Bonchev–Trinajstić information content (AvgIpc) is 3.07. The van der Waals surface area contributed by atoms with Gasteiger partial charge in [-0.2, -0.15) is 0 Å². The van der Waals surface area contributed by atoms with E-state index in [1.807, 2.05) is 18.2 Å². The molecule has 0 aromatic heterocycles. The van der Waals surface area contributed by atoms with Crippen LogP contribution in [-0.2, 0) is 9.53 Å². The molecule has 2 fully saturated rings. The molecule has 2 aliphatic rings. The summed E-state index contributed by atoms with van der Waals surface area (Å²) in [7, 11) is 0. The second-order valence-electron chi connectivity index (χ2n) is 6.57. The van der Waals surface area contributed by atoms with E-state index in [-0.39, 0.29) is 30.0 Å². The molecule has 1 amide bonds. The van der Waals surface area contributed by atoms with E-state index in [9.17, 15) is 4.79 Å². The molecule has 22 heavy (non-hydrogen) atoms. The van der Waals surface area contributed by atoms with Crippen LogP contribution in [0.3, 0.4) is 0 Å². The number of carbonyl (C=O) groups is 1. The van der Waals surface area contributed by atoms with Crippen LogP contribution in [0, 0.1) is 5.92 Å². The highest BCUT2D eigenvalue weighted by Crippen LogP contribution is 2.29. The molecule has 3 rings (SSSR count). The quantitative estimate of drug-likeness (QED) is 0.898. The molecule has 1 saturated heterocycles. The van der Waals surface area contributed by atoms with Gasteiger partial charge in [-0.15, -0.1) is 0 Å². The third-order valence-corrected chi connectivity index (χ3v) is 4.88. The zero-order chi connectivity index (χ0) is 15.4. The maximum atomic E-state index is 12.7. The molecule has 0 spiro atoms. The summed E-state index contributed by atoms with van der Waals surface area (Å²) in [6.07, 6.45) is 6.00. The van der Waals surface area contributed by atoms with E-state index >= 15 is 0 Å². The molecule has 1 aromatic rings. The number of hydrogen-bond acceptors (Lipinski definition) is 3. The smallest absolute Gasteiger partial charge is 0.223 e. The summed E-state index contributed by atoms with van der Waals surface area (Å²) in [6.45, 7) is 0.790. The molecular formula is C18H26N2O2. The molecule has 1 aromatic carbocycles. The van der Waals surface area contributed by atoms with Crippen molar-refractivity contribution in [2.45, 2.75) is 56.7 Å². The molecule has 0 bridgehead atoms. The van der Waals surface area contributed by atoms with E-state index < -0.39 is 0 Å². The highest BCUT2D eigenvalue weighted by atomic mass is 16.5. The first-order valence-electron chi connectivity index (χ1n) is 8.46. The summed E-state index contributed by atoms with van der Waals surface area (Å²) in [6, 6.07) is 10.3. The minimum atomic E-state index is -0.0469.